The van der Waals surface area contributed by atoms with E-state index in [9.17, 15) is 4.79 Å². The molecule has 1 aromatic rings. The van der Waals surface area contributed by atoms with E-state index in [2.05, 4.69) is 17.2 Å². The normalized spacial score (nSPS) is 8.71. The number of nitrogens with one attached hydrogen (secondary N) is 1. The van der Waals surface area contributed by atoms with E-state index in [1.807, 2.05) is 6.07 Å². The fourth-order valence-electron chi connectivity index (χ4n) is 1.21. The van der Waals surface area contributed by atoms with Crippen LogP contribution in [0.1, 0.15) is 24.5 Å². The lowest BCUT2D eigenvalue weighted by atomic mass is 10.1. The zero-order chi connectivity index (χ0) is 12.7. The van der Waals surface area contributed by atoms with Crippen LogP contribution in [0.4, 0.5) is 5.69 Å². The third-order valence-corrected chi connectivity index (χ3v) is 2.03. The van der Waals surface area contributed by atoms with Crippen molar-refractivity contribution in [2.75, 3.05) is 12.3 Å². The molecule has 0 saturated carbocycles. The fraction of sp³-hybridized carbons (Fsp3) is 0.231. The second-order valence-corrected chi connectivity index (χ2v) is 3.45. The van der Waals surface area contributed by atoms with Gasteiger partial charge in [0.25, 0.3) is 0 Å². The predicted molar refractivity (Wildman–Crippen MR) is 65.7 cm³/mol. The molecule has 0 unspecified atom stereocenters. The lowest BCUT2D eigenvalue weighted by molar-refractivity contribution is -0.118. The van der Waals surface area contributed by atoms with E-state index >= 15 is 0 Å². The molecule has 3 N–H and O–H groups in total. The lowest BCUT2D eigenvalue weighted by Gasteiger charge is -1.97. The summed E-state index contributed by atoms with van der Waals surface area (Å²) >= 11 is 0. The Hall–Kier alpha value is -2.46. The number of nitrogen functional groups attached to an aromatic ring is 1. The van der Waals surface area contributed by atoms with Crippen LogP contribution in [-0.2, 0) is 4.79 Å². The molecule has 4 heteroatoms. The molecule has 1 aromatic carbocycles. The molecular formula is C13H13N3O. The second kappa shape index (κ2) is 6.19. The molecule has 1 amide bonds. The Kier molecular flexibility index (Phi) is 4.59. The quantitative estimate of drug-likeness (QED) is 0.449. The molecule has 0 aliphatic carbocycles. The number of nitrogens with two attached hydrogens (primary N) is 1. The van der Waals surface area contributed by atoms with Crippen molar-refractivity contribution in [1.82, 2.24) is 5.32 Å². The Morgan fingerprint density at radius 1 is 1.53 bits per heavy atom. The topological polar surface area (TPSA) is 78.9 Å². The molecule has 0 atom stereocenters. The maximum absolute atomic E-state index is 10.6. The molecule has 0 bridgehead atoms. The van der Waals surface area contributed by atoms with E-state index in [0.29, 0.717) is 24.2 Å². The van der Waals surface area contributed by atoms with Crippen LogP contribution < -0.4 is 11.1 Å². The summed E-state index contributed by atoms with van der Waals surface area (Å²) in [6.45, 7) is 2.00. The van der Waals surface area contributed by atoms with Gasteiger partial charge in [-0.2, -0.15) is 5.26 Å². The molecule has 4 nitrogen and oxygen atoms in total. The number of carbonyl (C=O) groups excluding carboxylic acids is 1. The van der Waals surface area contributed by atoms with Gasteiger partial charge in [-0.05, 0) is 18.2 Å². The first kappa shape index (κ1) is 12.6. The molecule has 0 spiro atoms. The van der Waals surface area contributed by atoms with Crippen LogP contribution in [0, 0.1) is 23.2 Å². The minimum atomic E-state index is -0.0607. The monoisotopic (exact) mass is 227 g/mol. The molecule has 86 valence electrons. The summed E-state index contributed by atoms with van der Waals surface area (Å²) in [6.07, 6.45) is 0.583. The van der Waals surface area contributed by atoms with Crippen LogP contribution >= 0.6 is 0 Å². The van der Waals surface area contributed by atoms with Crippen molar-refractivity contribution in [3.63, 3.8) is 0 Å². The minimum absolute atomic E-state index is 0.0607. The summed E-state index contributed by atoms with van der Waals surface area (Å²) in [5.41, 5.74) is 7.31. The van der Waals surface area contributed by atoms with E-state index in [0.717, 1.165) is 5.56 Å². The van der Waals surface area contributed by atoms with Crippen LogP contribution in [-0.4, -0.2) is 12.5 Å². The Morgan fingerprint density at radius 3 is 2.88 bits per heavy atom. The maximum Gasteiger partial charge on any atom is 0.216 e. The number of hydrogen-bond donors (Lipinski definition) is 2. The highest BCUT2D eigenvalue weighted by atomic mass is 16.1. The lowest BCUT2D eigenvalue weighted by Crippen LogP contribution is -2.20. The van der Waals surface area contributed by atoms with Gasteiger partial charge in [-0.25, -0.2) is 0 Å². The maximum atomic E-state index is 10.6. The van der Waals surface area contributed by atoms with Gasteiger partial charge in [0.1, 0.15) is 6.07 Å². The molecule has 0 aliphatic rings. The van der Waals surface area contributed by atoms with Crippen molar-refractivity contribution in [1.29, 1.82) is 5.26 Å². The Balaban J connectivity index is 2.58. The summed E-state index contributed by atoms with van der Waals surface area (Å²) in [4.78, 5) is 10.6. The first-order valence-corrected chi connectivity index (χ1v) is 5.16. The van der Waals surface area contributed by atoms with Gasteiger partial charge in [0, 0.05) is 25.5 Å². The van der Waals surface area contributed by atoms with E-state index in [1.54, 1.807) is 18.2 Å². The van der Waals surface area contributed by atoms with Crippen LogP contribution in [0.25, 0.3) is 0 Å². The number of anilines is 1. The first-order valence-electron chi connectivity index (χ1n) is 5.16. The number of nitrogens with zero attached hydrogens (tertiary/aromatic N) is 1. The SMILES string of the molecule is CC(=O)NCCC#Cc1ccc(C#N)c(N)c1. The van der Waals surface area contributed by atoms with Crippen molar-refractivity contribution in [3.8, 4) is 17.9 Å². The van der Waals surface area contributed by atoms with Gasteiger partial charge >= 0.3 is 0 Å². The van der Waals surface area contributed by atoms with Gasteiger partial charge in [0.15, 0.2) is 0 Å². The number of rotatable bonds is 2. The summed E-state index contributed by atoms with van der Waals surface area (Å²) in [5, 5.41) is 11.4. The summed E-state index contributed by atoms with van der Waals surface area (Å²) in [7, 11) is 0. The van der Waals surface area contributed by atoms with E-state index in [1.165, 1.54) is 6.92 Å². The highest BCUT2D eigenvalue weighted by molar-refractivity contribution is 5.72. The highest BCUT2D eigenvalue weighted by Crippen LogP contribution is 2.12. The molecule has 0 aliphatic heterocycles. The number of hydrogen-bond acceptors (Lipinski definition) is 3. The third kappa shape index (κ3) is 4.27. The largest absolute Gasteiger partial charge is 0.398 e. The van der Waals surface area contributed by atoms with Gasteiger partial charge in [0.2, 0.25) is 5.91 Å². The van der Waals surface area contributed by atoms with E-state index in [-0.39, 0.29) is 5.91 Å². The van der Waals surface area contributed by atoms with Crippen molar-refractivity contribution >= 4 is 11.6 Å². The van der Waals surface area contributed by atoms with Crippen LogP contribution in [0.2, 0.25) is 0 Å². The second-order valence-electron chi connectivity index (χ2n) is 3.45. The van der Waals surface area contributed by atoms with Gasteiger partial charge in [-0.3, -0.25) is 4.79 Å². The minimum Gasteiger partial charge on any atom is -0.398 e. The smallest absolute Gasteiger partial charge is 0.216 e. The summed E-state index contributed by atoms with van der Waals surface area (Å²) in [6, 6.07) is 7.06. The van der Waals surface area contributed by atoms with Crippen molar-refractivity contribution in [3.05, 3.63) is 29.3 Å². The van der Waals surface area contributed by atoms with E-state index < -0.39 is 0 Å². The molecule has 17 heavy (non-hydrogen) atoms. The van der Waals surface area contributed by atoms with Gasteiger partial charge in [0.05, 0.1) is 11.3 Å². The Labute approximate surface area is 100 Å². The molecule has 1 rings (SSSR count). The van der Waals surface area contributed by atoms with Crippen molar-refractivity contribution in [2.24, 2.45) is 0 Å². The van der Waals surface area contributed by atoms with Crippen LogP contribution in [0.15, 0.2) is 18.2 Å². The fourth-order valence-corrected chi connectivity index (χ4v) is 1.21. The first-order chi connectivity index (χ1) is 8.13. The average molecular weight is 227 g/mol. The predicted octanol–water partition coefficient (Wildman–Crippen LogP) is 1.02. The highest BCUT2D eigenvalue weighted by Gasteiger charge is 1.97. The van der Waals surface area contributed by atoms with Crippen LogP contribution in [0.5, 0.6) is 0 Å². The molecule has 0 fully saturated rings. The van der Waals surface area contributed by atoms with Gasteiger partial charge in [-0.15, -0.1) is 0 Å². The third-order valence-electron chi connectivity index (χ3n) is 2.03. The molecule has 0 saturated heterocycles. The average Bonchev–Trinajstić information content (AvgIpc) is 2.28. The van der Waals surface area contributed by atoms with Crippen molar-refractivity contribution < 1.29 is 4.79 Å². The number of benzene rings is 1. The summed E-state index contributed by atoms with van der Waals surface area (Å²) < 4.78 is 0. The molecular weight excluding hydrogens is 214 g/mol. The summed E-state index contributed by atoms with van der Waals surface area (Å²) in [5.74, 6) is 5.78. The standard InChI is InChI=1S/C13H13N3O/c1-10(17)16-7-3-2-4-11-5-6-12(9-14)13(15)8-11/h5-6,8H,3,7,15H2,1H3,(H,16,17). The number of carbonyl (C=O) groups is 1. The van der Waals surface area contributed by atoms with Gasteiger partial charge in [-0.1, -0.05) is 11.8 Å². The molecule has 0 aromatic heterocycles. The molecule has 0 heterocycles. The van der Waals surface area contributed by atoms with Crippen molar-refractivity contribution in [2.45, 2.75) is 13.3 Å². The Bertz CT molecular complexity index is 518. The van der Waals surface area contributed by atoms with Crippen LogP contribution in [0.3, 0.4) is 0 Å². The zero-order valence-corrected chi connectivity index (χ0v) is 9.58. The number of amides is 1. The Morgan fingerprint density at radius 2 is 2.29 bits per heavy atom. The zero-order valence-electron chi connectivity index (χ0n) is 9.58. The van der Waals surface area contributed by atoms with E-state index in [4.69, 9.17) is 11.0 Å². The number of nitriles is 1. The van der Waals surface area contributed by atoms with Gasteiger partial charge < -0.3 is 11.1 Å². The molecule has 0 radical (unpaired) electrons.